The SMILES string of the molecule is Cn1cncc1N(C(=O)O)c1ncc(Br)cn1. The van der Waals surface area contributed by atoms with Gasteiger partial charge in [0.25, 0.3) is 0 Å². The fraction of sp³-hybridized carbons (Fsp3) is 0.111. The lowest BCUT2D eigenvalue weighted by molar-refractivity contribution is 0.204. The number of hydrogen-bond donors (Lipinski definition) is 1. The number of imidazole rings is 1. The van der Waals surface area contributed by atoms with Crippen LogP contribution in [0.4, 0.5) is 16.6 Å². The predicted octanol–water partition coefficient (Wildman–Crippen LogP) is 1.79. The summed E-state index contributed by atoms with van der Waals surface area (Å²) in [5.41, 5.74) is 0. The summed E-state index contributed by atoms with van der Waals surface area (Å²) in [6.45, 7) is 0. The molecule has 2 heterocycles. The normalized spacial score (nSPS) is 10.2. The average molecular weight is 298 g/mol. The molecular weight excluding hydrogens is 290 g/mol. The van der Waals surface area contributed by atoms with E-state index in [4.69, 9.17) is 0 Å². The van der Waals surface area contributed by atoms with Crippen LogP contribution in [-0.2, 0) is 7.05 Å². The Bertz CT molecular complexity index is 539. The number of amides is 1. The number of aryl methyl sites for hydroxylation is 1. The van der Waals surface area contributed by atoms with Gasteiger partial charge >= 0.3 is 6.09 Å². The molecular formula is C9H8BrN5O2. The Hall–Kier alpha value is -1.96. The molecule has 1 N–H and O–H groups in total. The molecule has 17 heavy (non-hydrogen) atoms. The highest BCUT2D eigenvalue weighted by Crippen LogP contribution is 2.21. The molecule has 2 aromatic heterocycles. The third-order valence-electron chi connectivity index (χ3n) is 2.02. The fourth-order valence-corrected chi connectivity index (χ4v) is 1.48. The number of carbonyl (C=O) groups is 1. The second-order valence-corrected chi connectivity index (χ2v) is 4.10. The monoisotopic (exact) mass is 297 g/mol. The molecule has 0 atom stereocenters. The van der Waals surface area contributed by atoms with Crippen LogP contribution < -0.4 is 4.90 Å². The molecule has 0 fully saturated rings. The van der Waals surface area contributed by atoms with Gasteiger partial charge in [-0.05, 0) is 15.9 Å². The van der Waals surface area contributed by atoms with Crippen LogP contribution in [0.3, 0.4) is 0 Å². The molecule has 0 aromatic carbocycles. The van der Waals surface area contributed by atoms with Crippen molar-refractivity contribution in [3.63, 3.8) is 0 Å². The lowest BCUT2D eigenvalue weighted by Gasteiger charge is -2.16. The summed E-state index contributed by atoms with van der Waals surface area (Å²) in [5, 5.41) is 9.19. The van der Waals surface area contributed by atoms with Crippen molar-refractivity contribution >= 4 is 33.8 Å². The van der Waals surface area contributed by atoms with Crippen molar-refractivity contribution in [1.82, 2.24) is 19.5 Å². The van der Waals surface area contributed by atoms with Gasteiger partial charge in [-0.2, -0.15) is 4.90 Å². The van der Waals surface area contributed by atoms with Gasteiger partial charge in [-0.15, -0.1) is 0 Å². The number of aromatic nitrogens is 4. The van der Waals surface area contributed by atoms with Gasteiger partial charge in [-0.1, -0.05) is 0 Å². The first kappa shape index (κ1) is 11.5. The van der Waals surface area contributed by atoms with Gasteiger partial charge in [0.2, 0.25) is 5.95 Å². The number of hydrogen-bond acceptors (Lipinski definition) is 4. The van der Waals surface area contributed by atoms with Crippen LogP contribution in [0.1, 0.15) is 0 Å². The molecule has 0 aliphatic heterocycles. The van der Waals surface area contributed by atoms with Crippen LogP contribution in [0.5, 0.6) is 0 Å². The number of rotatable bonds is 2. The lowest BCUT2D eigenvalue weighted by Crippen LogP contribution is -2.27. The van der Waals surface area contributed by atoms with E-state index in [-0.39, 0.29) is 5.95 Å². The van der Waals surface area contributed by atoms with E-state index in [0.717, 1.165) is 4.90 Å². The van der Waals surface area contributed by atoms with Crippen LogP contribution in [0.2, 0.25) is 0 Å². The summed E-state index contributed by atoms with van der Waals surface area (Å²) in [5.74, 6) is 0.448. The van der Waals surface area contributed by atoms with Crippen LogP contribution in [0.25, 0.3) is 0 Å². The molecule has 0 radical (unpaired) electrons. The molecule has 0 bridgehead atoms. The topological polar surface area (TPSA) is 84.1 Å². The van der Waals surface area contributed by atoms with Gasteiger partial charge in [-0.3, -0.25) is 0 Å². The summed E-state index contributed by atoms with van der Waals surface area (Å²) in [6.07, 6.45) is 4.73. The molecule has 0 spiro atoms. The Labute approximate surface area is 105 Å². The summed E-state index contributed by atoms with van der Waals surface area (Å²) < 4.78 is 2.25. The molecule has 0 unspecified atom stereocenters. The minimum atomic E-state index is -1.17. The van der Waals surface area contributed by atoms with Crippen molar-refractivity contribution in [2.24, 2.45) is 7.05 Å². The third kappa shape index (κ3) is 2.26. The van der Waals surface area contributed by atoms with Crippen molar-refractivity contribution in [2.45, 2.75) is 0 Å². The first-order chi connectivity index (χ1) is 8.09. The van der Waals surface area contributed by atoms with Crippen LogP contribution in [0, 0.1) is 0 Å². The first-order valence-corrected chi connectivity index (χ1v) is 5.36. The Morgan fingerprint density at radius 3 is 2.53 bits per heavy atom. The highest BCUT2D eigenvalue weighted by atomic mass is 79.9. The van der Waals surface area contributed by atoms with E-state index < -0.39 is 6.09 Å². The lowest BCUT2D eigenvalue weighted by atomic mass is 10.5. The van der Waals surface area contributed by atoms with E-state index in [9.17, 15) is 9.90 Å². The maximum absolute atomic E-state index is 11.2. The van der Waals surface area contributed by atoms with E-state index >= 15 is 0 Å². The van der Waals surface area contributed by atoms with E-state index in [1.165, 1.54) is 24.9 Å². The second kappa shape index (κ2) is 4.50. The van der Waals surface area contributed by atoms with E-state index in [0.29, 0.717) is 10.3 Å². The summed E-state index contributed by atoms with van der Waals surface area (Å²) >= 11 is 3.19. The van der Waals surface area contributed by atoms with Crippen molar-refractivity contribution in [1.29, 1.82) is 0 Å². The van der Waals surface area contributed by atoms with Crippen molar-refractivity contribution in [2.75, 3.05) is 4.90 Å². The van der Waals surface area contributed by atoms with E-state index in [2.05, 4.69) is 30.9 Å². The highest BCUT2D eigenvalue weighted by molar-refractivity contribution is 9.10. The number of anilines is 2. The van der Waals surface area contributed by atoms with Crippen molar-refractivity contribution in [3.05, 3.63) is 29.4 Å². The Balaban J connectivity index is 2.47. The smallest absolute Gasteiger partial charge is 0.420 e. The summed E-state index contributed by atoms with van der Waals surface area (Å²) in [6, 6.07) is 0. The average Bonchev–Trinajstić information content (AvgIpc) is 2.68. The second-order valence-electron chi connectivity index (χ2n) is 3.18. The molecule has 0 saturated carbocycles. The number of halogens is 1. The molecule has 0 aliphatic rings. The van der Waals surface area contributed by atoms with Gasteiger partial charge < -0.3 is 9.67 Å². The maximum atomic E-state index is 11.2. The molecule has 2 rings (SSSR count). The Morgan fingerprint density at radius 1 is 1.41 bits per heavy atom. The molecule has 0 saturated heterocycles. The highest BCUT2D eigenvalue weighted by Gasteiger charge is 2.22. The van der Waals surface area contributed by atoms with Gasteiger partial charge in [0.1, 0.15) is 5.82 Å². The zero-order valence-corrected chi connectivity index (χ0v) is 10.4. The van der Waals surface area contributed by atoms with Gasteiger partial charge in [-0.25, -0.2) is 19.7 Å². The van der Waals surface area contributed by atoms with E-state index in [1.807, 2.05) is 0 Å². The van der Waals surface area contributed by atoms with Crippen LogP contribution in [-0.4, -0.2) is 30.7 Å². The molecule has 0 aliphatic carbocycles. The molecule has 1 amide bonds. The van der Waals surface area contributed by atoms with Crippen LogP contribution in [0.15, 0.2) is 29.4 Å². The van der Waals surface area contributed by atoms with Crippen LogP contribution >= 0.6 is 15.9 Å². The minimum Gasteiger partial charge on any atom is -0.464 e. The number of carboxylic acid groups (broad SMARTS) is 1. The number of nitrogens with zero attached hydrogens (tertiary/aromatic N) is 5. The largest absolute Gasteiger partial charge is 0.464 e. The predicted molar refractivity (Wildman–Crippen MR) is 63.1 cm³/mol. The Kier molecular flexibility index (Phi) is 3.05. The summed E-state index contributed by atoms with van der Waals surface area (Å²) in [4.78, 5) is 23.9. The first-order valence-electron chi connectivity index (χ1n) is 4.56. The quantitative estimate of drug-likeness (QED) is 0.913. The minimum absolute atomic E-state index is 0.0734. The zero-order valence-electron chi connectivity index (χ0n) is 8.78. The molecule has 88 valence electrons. The zero-order chi connectivity index (χ0) is 12.4. The summed E-state index contributed by atoms with van der Waals surface area (Å²) in [7, 11) is 1.69. The van der Waals surface area contributed by atoms with Gasteiger partial charge in [0.15, 0.2) is 0 Å². The standard InChI is InChI=1S/C9H8BrN5O2/c1-14-5-11-4-7(14)15(9(16)17)8-12-2-6(10)3-13-8/h2-5H,1H3,(H,16,17). The maximum Gasteiger partial charge on any atom is 0.420 e. The van der Waals surface area contributed by atoms with Crippen molar-refractivity contribution < 1.29 is 9.90 Å². The van der Waals surface area contributed by atoms with E-state index in [1.54, 1.807) is 11.6 Å². The molecule has 7 nitrogen and oxygen atoms in total. The van der Waals surface area contributed by atoms with Gasteiger partial charge in [0.05, 0.1) is 17.0 Å². The fourth-order valence-electron chi connectivity index (χ4n) is 1.27. The van der Waals surface area contributed by atoms with Gasteiger partial charge in [0, 0.05) is 19.4 Å². The Morgan fingerprint density at radius 2 is 2.06 bits per heavy atom. The molecule has 2 aromatic rings. The van der Waals surface area contributed by atoms with Crippen molar-refractivity contribution in [3.8, 4) is 0 Å². The molecule has 8 heteroatoms. The third-order valence-corrected chi connectivity index (χ3v) is 2.43.